The molecule has 0 fully saturated rings. The Hall–Kier alpha value is -1.89. The fourth-order valence-electron chi connectivity index (χ4n) is 2.96. The van der Waals surface area contributed by atoms with Gasteiger partial charge in [0.05, 0.1) is 5.56 Å². The molecule has 0 aromatic carbocycles. The predicted molar refractivity (Wildman–Crippen MR) is 88.7 cm³/mol. The fraction of sp³-hybridized carbons (Fsp3) is 0.562. The lowest BCUT2D eigenvalue weighted by molar-refractivity contribution is -0.138. The zero-order chi connectivity index (χ0) is 17.1. The minimum Gasteiger partial charge on any atom is -0.481 e. The third kappa shape index (κ3) is 4.31. The number of anilines is 1. The molecule has 6 nitrogen and oxygen atoms in total. The first kappa shape index (κ1) is 17.5. The Bertz CT molecular complexity index is 638. The van der Waals surface area contributed by atoms with Crippen LogP contribution in [0.4, 0.5) is 5.00 Å². The summed E-state index contributed by atoms with van der Waals surface area (Å²) in [4.78, 5) is 35.7. The molecule has 2 rings (SSSR count). The number of nitrogens with one attached hydrogen (secondary N) is 1. The summed E-state index contributed by atoms with van der Waals surface area (Å²) in [5.41, 5.74) is 6.89. The first-order valence-electron chi connectivity index (χ1n) is 7.73. The Morgan fingerprint density at radius 3 is 2.70 bits per heavy atom. The molecule has 1 aromatic rings. The van der Waals surface area contributed by atoms with Gasteiger partial charge in [-0.05, 0) is 36.7 Å². The summed E-state index contributed by atoms with van der Waals surface area (Å²) in [6.45, 7) is 3.88. The molecule has 0 saturated carbocycles. The number of thiophene rings is 1. The zero-order valence-electron chi connectivity index (χ0n) is 13.3. The van der Waals surface area contributed by atoms with E-state index in [4.69, 9.17) is 10.8 Å². The van der Waals surface area contributed by atoms with Gasteiger partial charge in [0.25, 0.3) is 5.91 Å². The van der Waals surface area contributed by atoms with Gasteiger partial charge in [-0.3, -0.25) is 14.4 Å². The van der Waals surface area contributed by atoms with Gasteiger partial charge in [-0.2, -0.15) is 0 Å². The average molecular weight is 338 g/mol. The van der Waals surface area contributed by atoms with Crippen LogP contribution in [0.25, 0.3) is 0 Å². The molecule has 0 saturated heterocycles. The maximum atomic E-state index is 12.1. The standard InChI is InChI=1S/C16H22N2O4S/c1-8-3-4-10-11(5-8)23-16(14(10)15(17)22)18-12(19)6-9(2)7-13(20)21/h8-9H,3-7H2,1-2H3,(H2,17,22)(H,18,19)(H,20,21). The molecule has 0 spiro atoms. The first-order chi connectivity index (χ1) is 10.8. The molecule has 1 aliphatic carbocycles. The van der Waals surface area contributed by atoms with E-state index in [-0.39, 0.29) is 24.7 Å². The van der Waals surface area contributed by atoms with E-state index < -0.39 is 11.9 Å². The van der Waals surface area contributed by atoms with Crippen molar-refractivity contribution < 1.29 is 19.5 Å². The van der Waals surface area contributed by atoms with E-state index in [1.807, 2.05) is 0 Å². The number of carboxylic acid groups (broad SMARTS) is 1. The summed E-state index contributed by atoms with van der Waals surface area (Å²) in [5.74, 6) is -1.44. The molecule has 23 heavy (non-hydrogen) atoms. The van der Waals surface area contributed by atoms with Crippen LogP contribution in [-0.4, -0.2) is 22.9 Å². The van der Waals surface area contributed by atoms with Crippen LogP contribution >= 0.6 is 11.3 Å². The maximum Gasteiger partial charge on any atom is 0.303 e. The summed E-state index contributed by atoms with van der Waals surface area (Å²) in [7, 11) is 0. The van der Waals surface area contributed by atoms with E-state index in [1.165, 1.54) is 11.3 Å². The predicted octanol–water partition coefficient (Wildman–Crippen LogP) is 2.41. The number of hydrogen-bond acceptors (Lipinski definition) is 4. The zero-order valence-corrected chi connectivity index (χ0v) is 14.2. The molecule has 0 bridgehead atoms. The van der Waals surface area contributed by atoms with Crippen molar-refractivity contribution in [2.75, 3.05) is 5.32 Å². The minimum absolute atomic E-state index is 0.0610. The van der Waals surface area contributed by atoms with Gasteiger partial charge in [0, 0.05) is 17.7 Å². The van der Waals surface area contributed by atoms with Gasteiger partial charge in [-0.15, -0.1) is 11.3 Å². The lowest BCUT2D eigenvalue weighted by Crippen LogP contribution is -2.20. The van der Waals surface area contributed by atoms with E-state index in [2.05, 4.69) is 12.2 Å². The second-order valence-electron chi connectivity index (χ2n) is 6.38. The summed E-state index contributed by atoms with van der Waals surface area (Å²) < 4.78 is 0. The van der Waals surface area contributed by atoms with Crippen molar-refractivity contribution >= 4 is 34.1 Å². The van der Waals surface area contributed by atoms with Gasteiger partial charge in [-0.1, -0.05) is 13.8 Å². The van der Waals surface area contributed by atoms with Gasteiger partial charge in [0.15, 0.2) is 0 Å². The van der Waals surface area contributed by atoms with Crippen LogP contribution in [0, 0.1) is 11.8 Å². The number of amides is 2. The largest absolute Gasteiger partial charge is 0.481 e. The monoisotopic (exact) mass is 338 g/mol. The quantitative estimate of drug-likeness (QED) is 0.740. The Kier molecular flexibility index (Phi) is 5.41. The third-order valence-corrected chi connectivity index (χ3v) is 5.24. The van der Waals surface area contributed by atoms with Crippen LogP contribution in [0.2, 0.25) is 0 Å². The van der Waals surface area contributed by atoms with E-state index in [0.29, 0.717) is 16.5 Å². The van der Waals surface area contributed by atoms with Gasteiger partial charge in [0.2, 0.25) is 5.91 Å². The van der Waals surface area contributed by atoms with E-state index in [0.717, 1.165) is 29.7 Å². The number of carbonyl (C=O) groups excluding carboxylic acids is 2. The van der Waals surface area contributed by atoms with Gasteiger partial charge in [0.1, 0.15) is 5.00 Å². The van der Waals surface area contributed by atoms with Gasteiger partial charge in [-0.25, -0.2) is 0 Å². The van der Waals surface area contributed by atoms with Crippen molar-refractivity contribution in [1.29, 1.82) is 0 Å². The van der Waals surface area contributed by atoms with Crippen LogP contribution in [-0.2, 0) is 22.4 Å². The molecule has 126 valence electrons. The highest BCUT2D eigenvalue weighted by Crippen LogP contribution is 2.39. The molecule has 0 radical (unpaired) electrons. The molecule has 1 aromatic heterocycles. The number of hydrogen-bond donors (Lipinski definition) is 3. The Morgan fingerprint density at radius 2 is 2.09 bits per heavy atom. The van der Waals surface area contributed by atoms with Crippen LogP contribution in [0.1, 0.15) is 53.9 Å². The molecule has 1 heterocycles. The van der Waals surface area contributed by atoms with Crippen molar-refractivity contribution in [3.05, 3.63) is 16.0 Å². The second-order valence-corrected chi connectivity index (χ2v) is 7.48. The number of fused-ring (bicyclic) bond motifs is 1. The molecule has 0 aliphatic heterocycles. The molecule has 2 amide bonds. The minimum atomic E-state index is -0.927. The normalized spacial score (nSPS) is 18.1. The molecular weight excluding hydrogens is 316 g/mol. The van der Waals surface area contributed by atoms with Crippen LogP contribution in [0.3, 0.4) is 0 Å². The highest BCUT2D eigenvalue weighted by Gasteiger charge is 2.27. The van der Waals surface area contributed by atoms with Crippen molar-refractivity contribution in [3.63, 3.8) is 0 Å². The third-order valence-electron chi connectivity index (χ3n) is 4.07. The van der Waals surface area contributed by atoms with E-state index in [1.54, 1.807) is 6.92 Å². The fourth-order valence-corrected chi connectivity index (χ4v) is 4.40. The lowest BCUT2D eigenvalue weighted by atomic mass is 9.88. The second kappa shape index (κ2) is 7.12. The summed E-state index contributed by atoms with van der Waals surface area (Å²) in [6.07, 6.45) is 2.74. The molecule has 2 unspecified atom stereocenters. The topological polar surface area (TPSA) is 109 Å². The number of primary amides is 1. The highest BCUT2D eigenvalue weighted by atomic mass is 32.1. The van der Waals surface area contributed by atoms with Gasteiger partial charge < -0.3 is 16.2 Å². The number of aliphatic carboxylic acids is 1. The maximum absolute atomic E-state index is 12.1. The van der Waals surface area contributed by atoms with Crippen LogP contribution in [0.5, 0.6) is 0 Å². The van der Waals surface area contributed by atoms with E-state index >= 15 is 0 Å². The molecular formula is C16H22N2O4S. The molecule has 4 N–H and O–H groups in total. The average Bonchev–Trinajstić information content (AvgIpc) is 2.73. The lowest BCUT2D eigenvalue weighted by Gasteiger charge is -2.18. The van der Waals surface area contributed by atoms with Crippen molar-refractivity contribution in [2.45, 2.75) is 46.0 Å². The Labute approximate surface area is 139 Å². The number of carboxylic acids is 1. The number of nitrogens with two attached hydrogens (primary N) is 1. The Balaban J connectivity index is 2.15. The summed E-state index contributed by atoms with van der Waals surface area (Å²) >= 11 is 1.41. The first-order valence-corrected chi connectivity index (χ1v) is 8.55. The molecule has 2 atom stereocenters. The highest BCUT2D eigenvalue weighted by molar-refractivity contribution is 7.17. The van der Waals surface area contributed by atoms with Crippen LogP contribution < -0.4 is 11.1 Å². The Morgan fingerprint density at radius 1 is 1.39 bits per heavy atom. The summed E-state index contributed by atoms with van der Waals surface area (Å²) in [5, 5.41) is 12.0. The van der Waals surface area contributed by atoms with Crippen molar-refractivity contribution in [1.82, 2.24) is 0 Å². The van der Waals surface area contributed by atoms with Crippen LogP contribution in [0.15, 0.2) is 0 Å². The number of carbonyl (C=O) groups is 3. The summed E-state index contributed by atoms with van der Waals surface area (Å²) in [6, 6.07) is 0. The molecule has 7 heteroatoms. The smallest absolute Gasteiger partial charge is 0.303 e. The number of rotatable bonds is 6. The van der Waals surface area contributed by atoms with Crippen molar-refractivity contribution in [3.8, 4) is 0 Å². The van der Waals surface area contributed by atoms with Crippen molar-refractivity contribution in [2.24, 2.45) is 17.6 Å². The van der Waals surface area contributed by atoms with Gasteiger partial charge >= 0.3 is 5.97 Å². The van der Waals surface area contributed by atoms with E-state index in [9.17, 15) is 14.4 Å². The molecule has 1 aliphatic rings. The SMILES string of the molecule is CC(CC(=O)O)CC(=O)Nc1sc2c(c1C(N)=O)CCC(C)C2.